The molecule has 4 rings (SSSR count). The first-order chi connectivity index (χ1) is 14.8. The summed E-state index contributed by atoms with van der Waals surface area (Å²) in [5, 5.41) is 33.7. The summed E-state index contributed by atoms with van der Waals surface area (Å²) < 4.78 is 12.5. The van der Waals surface area contributed by atoms with E-state index < -0.39 is 40.7 Å². The van der Waals surface area contributed by atoms with Gasteiger partial charge in [-0.25, -0.2) is 19.7 Å². The van der Waals surface area contributed by atoms with E-state index in [1.807, 2.05) is 0 Å². The summed E-state index contributed by atoms with van der Waals surface area (Å²) in [6.45, 7) is -0.599. The van der Waals surface area contributed by atoms with Gasteiger partial charge in [-0.2, -0.15) is 0 Å². The molecule has 0 bridgehead atoms. The Balaban J connectivity index is 1.56. The maximum absolute atomic E-state index is 11.7. The molecule has 0 amide bonds. The summed E-state index contributed by atoms with van der Waals surface area (Å²) in [7, 11) is 0. The average Bonchev–Trinajstić information content (AvgIpc) is 3.33. The van der Waals surface area contributed by atoms with Gasteiger partial charge in [-0.3, -0.25) is 24.8 Å². The Morgan fingerprint density at radius 1 is 1.23 bits per heavy atom. The molecule has 1 saturated heterocycles. The monoisotopic (exact) mass is 431 g/mol. The molecule has 0 saturated carbocycles. The molecule has 0 radical (unpaired) electrons. The number of aliphatic hydroxyl groups excluding tert-OH is 1. The van der Waals surface area contributed by atoms with E-state index >= 15 is 0 Å². The first kappa shape index (κ1) is 20.5. The van der Waals surface area contributed by atoms with Crippen molar-refractivity contribution in [3.63, 3.8) is 0 Å². The molecular weight excluding hydrogens is 414 g/mol. The van der Waals surface area contributed by atoms with Crippen molar-refractivity contribution in [3.8, 4) is 0 Å². The van der Waals surface area contributed by atoms with E-state index in [1.54, 1.807) is 6.07 Å². The lowest BCUT2D eigenvalue weighted by Crippen LogP contribution is -2.48. The molecule has 0 unspecified atom stereocenters. The SMILES string of the molecule is Nc1ncnc2c1ncn2[C@H]1C[C@H](O)[C@@H](COC(c2ccccc2)([N+](=O)[O-])[N+](=O)[O-])O1. The Kier molecular flexibility index (Phi) is 5.18. The van der Waals surface area contributed by atoms with Gasteiger partial charge in [0.05, 0.1) is 19.0 Å². The third kappa shape index (κ3) is 3.41. The number of imidazole rings is 1. The molecule has 162 valence electrons. The van der Waals surface area contributed by atoms with Crippen LogP contribution in [0.1, 0.15) is 18.2 Å². The highest BCUT2D eigenvalue weighted by molar-refractivity contribution is 5.81. The smallest absolute Gasteiger partial charge is 0.390 e. The van der Waals surface area contributed by atoms with Crippen LogP contribution in [-0.4, -0.2) is 53.3 Å². The van der Waals surface area contributed by atoms with Crippen molar-refractivity contribution in [2.24, 2.45) is 0 Å². The number of aromatic nitrogens is 4. The number of nitro groups is 2. The minimum absolute atomic E-state index is 0.0820. The molecule has 14 heteroatoms. The molecule has 2 aromatic heterocycles. The molecule has 14 nitrogen and oxygen atoms in total. The third-order valence-electron chi connectivity index (χ3n) is 5.00. The third-order valence-corrected chi connectivity index (χ3v) is 5.00. The van der Waals surface area contributed by atoms with E-state index in [1.165, 1.54) is 41.5 Å². The van der Waals surface area contributed by atoms with E-state index in [2.05, 4.69) is 15.0 Å². The lowest BCUT2D eigenvalue weighted by atomic mass is 10.1. The van der Waals surface area contributed by atoms with Crippen LogP contribution in [0.4, 0.5) is 5.82 Å². The second-order valence-electron chi connectivity index (χ2n) is 6.81. The summed E-state index contributed by atoms with van der Waals surface area (Å²) in [6, 6.07) is 6.86. The van der Waals surface area contributed by atoms with Crippen molar-refractivity contribution < 1.29 is 24.4 Å². The molecule has 1 aliphatic rings. The Bertz CT molecular complexity index is 1110. The lowest BCUT2D eigenvalue weighted by molar-refractivity contribution is -0.866. The van der Waals surface area contributed by atoms with Gasteiger partial charge in [0.25, 0.3) is 0 Å². The maximum Gasteiger partial charge on any atom is 0.606 e. The van der Waals surface area contributed by atoms with Crippen LogP contribution in [0, 0.1) is 20.2 Å². The molecule has 1 fully saturated rings. The van der Waals surface area contributed by atoms with Crippen LogP contribution in [0.3, 0.4) is 0 Å². The van der Waals surface area contributed by atoms with Crippen LogP contribution in [0.2, 0.25) is 0 Å². The van der Waals surface area contributed by atoms with E-state index in [4.69, 9.17) is 15.2 Å². The second-order valence-corrected chi connectivity index (χ2v) is 6.81. The van der Waals surface area contributed by atoms with Crippen molar-refractivity contribution in [1.29, 1.82) is 0 Å². The summed E-state index contributed by atoms with van der Waals surface area (Å²) in [4.78, 5) is 33.2. The standard InChI is InChI=1S/C17H17N7O7/c18-15-14-16(20-8-19-15)22(9-21-14)13-6-11(25)12(31-13)7-30-17(23(26)27,24(28)29)10-4-2-1-3-5-10/h1-5,8-9,11-13,25H,6-7H2,(H2,18,19,20)/t11-,12+,13+/m0/s1. The molecule has 0 aliphatic carbocycles. The number of nitrogens with zero attached hydrogens (tertiary/aromatic N) is 6. The van der Waals surface area contributed by atoms with E-state index in [0.717, 1.165) is 0 Å². The Labute approximate surface area is 173 Å². The first-order valence-electron chi connectivity index (χ1n) is 9.09. The number of nitrogen functional groups attached to an aromatic ring is 1. The van der Waals surface area contributed by atoms with Crippen LogP contribution < -0.4 is 5.73 Å². The molecule has 3 aromatic rings. The summed E-state index contributed by atoms with van der Waals surface area (Å²) in [5.41, 5.74) is 6.23. The van der Waals surface area contributed by atoms with Crippen LogP contribution >= 0.6 is 0 Å². The molecule has 0 spiro atoms. The Hall–Kier alpha value is -3.75. The minimum Gasteiger partial charge on any atom is -0.390 e. The normalized spacial score (nSPS) is 21.4. The number of aliphatic hydroxyl groups is 1. The molecule has 3 atom stereocenters. The van der Waals surface area contributed by atoms with Gasteiger partial charge in [-0.15, -0.1) is 0 Å². The zero-order valence-electron chi connectivity index (χ0n) is 15.8. The lowest BCUT2D eigenvalue weighted by Gasteiger charge is -2.20. The highest BCUT2D eigenvalue weighted by Crippen LogP contribution is 2.34. The zero-order chi connectivity index (χ0) is 22.2. The molecule has 1 aromatic carbocycles. The molecule has 3 heterocycles. The summed E-state index contributed by atoms with van der Waals surface area (Å²) in [5.74, 6) is -2.86. The number of ether oxygens (including phenoxy) is 2. The van der Waals surface area contributed by atoms with E-state index in [0.29, 0.717) is 11.2 Å². The fourth-order valence-corrected chi connectivity index (χ4v) is 3.44. The van der Waals surface area contributed by atoms with Gasteiger partial charge in [0.2, 0.25) is 0 Å². The number of hydrogen-bond acceptors (Lipinski definition) is 11. The predicted molar refractivity (Wildman–Crippen MR) is 102 cm³/mol. The van der Waals surface area contributed by atoms with Crippen molar-refractivity contribution >= 4 is 17.0 Å². The highest BCUT2D eigenvalue weighted by atomic mass is 16.8. The van der Waals surface area contributed by atoms with Crippen LogP contribution in [-0.2, 0) is 15.3 Å². The fraction of sp³-hybridized carbons (Fsp3) is 0.353. The molecule has 31 heavy (non-hydrogen) atoms. The molecular formula is C17H17N7O7. The number of rotatable bonds is 7. The number of hydrogen-bond donors (Lipinski definition) is 2. The average molecular weight is 431 g/mol. The first-order valence-corrected chi connectivity index (χ1v) is 9.09. The highest BCUT2D eigenvalue weighted by Gasteiger charge is 2.61. The largest absolute Gasteiger partial charge is 0.606 e. The topological polar surface area (TPSA) is 195 Å². The number of fused-ring (bicyclic) bond motifs is 1. The van der Waals surface area contributed by atoms with E-state index in [9.17, 15) is 25.3 Å². The van der Waals surface area contributed by atoms with Crippen molar-refractivity contribution in [2.45, 2.75) is 30.7 Å². The minimum atomic E-state index is -3.04. The van der Waals surface area contributed by atoms with Crippen molar-refractivity contribution in [3.05, 3.63) is 68.8 Å². The van der Waals surface area contributed by atoms with Gasteiger partial charge >= 0.3 is 5.85 Å². The van der Waals surface area contributed by atoms with E-state index in [-0.39, 0.29) is 17.8 Å². The predicted octanol–water partition coefficient (Wildman–Crippen LogP) is 0.437. The summed E-state index contributed by atoms with van der Waals surface area (Å²) >= 11 is 0. The van der Waals surface area contributed by atoms with Gasteiger partial charge in [0, 0.05) is 6.42 Å². The van der Waals surface area contributed by atoms with Gasteiger partial charge < -0.3 is 15.6 Å². The van der Waals surface area contributed by atoms with Gasteiger partial charge in [-0.05, 0) is 12.1 Å². The Morgan fingerprint density at radius 2 is 1.94 bits per heavy atom. The molecule has 1 aliphatic heterocycles. The maximum atomic E-state index is 11.7. The summed E-state index contributed by atoms with van der Waals surface area (Å²) in [6.07, 6.45) is -0.153. The van der Waals surface area contributed by atoms with Crippen molar-refractivity contribution in [1.82, 2.24) is 19.5 Å². The van der Waals surface area contributed by atoms with Gasteiger partial charge in [-0.1, -0.05) is 18.2 Å². The number of benzene rings is 1. The Morgan fingerprint density at radius 3 is 2.61 bits per heavy atom. The number of anilines is 1. The van der Waals surface area contributed by atoms with Crippen molar-refractivity contribution in [2.75, 3.05) is 12.3 Å². The molecule has 3 N–H and O–H groups in total. The second kappa shape index (κ2) is 7.82. The van der Waals surface area contributed by atoms with Crippen LogP contribution in [0.25, 0.3) is 11.2 Å². The quantitative estimate of drug-likeness (QED) is 0.299. The fourth-order valence-electron chi connectivity index (χ4n) is 3.44. The number of nitrogens with two attached hydrogens (primary N) is 1. The van der Waals surface area contributed by atoms with Gasteiger partial charge in [0.15, 0.2) is 11.5 Å². The zero-order valence-corrected chi connectivity index (χ0v) is 15.8. The van der Waals surface area contributed by atoms with Gasteiger partial charge in [0.1, 0.15) is 39.6 Å². The van der Waals surface area contributed by atoms with Crippen LogP contribution in [0.5, 0.6) is 0 Å². The van der Waals surface area contributed by atoms with Crippen LogP contribution in [0.15, 0.2) is 43.0 Å².